The Morgan fingerprint density at radius 2 is 2.04 bits per heavy atom. The van der Waals surface area contributed by atoms with Gasteiger partial charge in [0, 0.05) is 39.4 Å². The highest BCUT2D eigenvalue weighted by Crippen LogP contribution is 2.15. The van der Waals surface area contributed by atoms with E-state index >= 15 is 0 Å². The Morgan fingerprint density at radius 1 is 1.18 bits per heavy atom. The second-order valence-electron chi connectivity index (χ2n) is 7.09. The molecule has 1 fully saturated rings. The number of anilines is 1. The summed E-state index contributed by atoms with van der Waals surface area (Å²) in [5.74, 6) is 1.83. The number of hydrogen-bond acceptors (Lipinski definition) is 4. The highest BCUT2D eigenvalue weighted by molar-refractivity contribution is 5.79. The van der Waals surface area contributed by atoms with Crippen molar-refractivity contribution >= 4 is 11.8 Å². The van der Waals surface area contributed by atoms with Crippen LogP contribution in [0.15, 0.2) is 53.7 Å². The van der Waals surface area contributed by atoms with Crippen LogP contribution in [-0.2, 0) is 17.7 Å². The number of aromatic nitrogens is 1. The van der Waals surface area contributed by atoms with Gasteiger partial charge in [0.15, 0.2) is 5.96 Å². The predicted molar refractivity (Wildman–Crippen MR) is 115 cm³/mol. The molecule has 0 amide bonds. The molecule has 1 saturated heterocycles. The third kappa shape index (κ3) is 6.23. The van der Waals surface area contributed by atoms with Crippen molar-refractivity contribution in [1.29, 1.82) is 0 Å². The van der Waals surface area contributed by atoms with Crippen LogP contribution in [0, 0.1) is 0 Å². The van der Waals surface area contributed by atoms with Gasteiger partial charge in [-0.3, -0.25) is 4.99 Å². The first-order valence-corrected chi connectivity index (χ1v) is 10.0. The molecule has 1 aromatic carbocycles. The quantitative estimate of drug-likeness (QED) is 0.439. The summed E-state index contributed by atoms with van der Waals surface area (Å²) >= 11 is 0. The van der Waals surface area contributed by atoms with Crippen molar-refractivity contribution in [3.8, 4) is 0 Å². The Bertz CT molecular complexity index is 732. The van der Waals surface area contributed by atoms with E-state index in [1.54, 1.807) is 7.05 Å². The summed E-state index contributed by atoms with van der Waals surface area (Å²) in [4.78, 5) is 11.2. The summed E-state index contributed by atoms with van der Waals surface area (Å²) in [7, 11) is 1.80. The molecule has 2 heterocycles. The van der Waals surface area contributed by atoms with Gasteiger partial charge in [-0.05, 0) is 37.0 Å². The van der Waals surface area contributed by atoms with E-state index in [0.29, 0.717) is 6.54 Å². The number of rotatable bonds is 7. The molecule has 0 aliphatic carbocycles. The summed E-state index contributed by atoms with van der Waals surface area (Å²) in [6.45, 7) is 6.24. The molecule has 0 saturated carbocycles. The number of aryl methyl sites for hydroxylation is 1. The molecule has 3 rings (SSSR count). The molecule has 1 aromatic heterocycles. The minimum absolute atomic E-state index is 0.258. The second kappa shape index (κ2) is 10.7. The number of nitrogens with one attached hydrogen (secondary N) is 2. The van der Waals surface area contributed by atoms with Crippen LogP contribution in [0.2, 0.25) is 0 Å². The summed E-state index contributed by atoms with van der Waals surface area (Å²) in [5.41, 5.74) is 2.50. The van der Waals surface area contributed by atoms with Crippen molar-refractivity contribution in [3.05, 3.63) is 59.8 Å². The van der Waals surface area contributed by atoms with Crippen LogP contribution < -0.4 is 15.5 Å². The molecule has 1 aliphatic heterocycles. The fourth-order valence-electron chi connectivity index (χ4n) is 3.29. The van der Waals surface area contributed by atoms with Crippen LogP contribution in [0.5, 0.6) is 0 Å². The van der Waals surface area contributed by atoms with Gasteiger partial charge >= 0.3 is 0 Å². The van der Waals surface area contributed by atoms with Crippen LogP contribution >= 0.6 is 0 Å². The number of benzene rings is 1. The number of ether oxygens (including phenoxy) is 1. The third-order valence-corrected chi connectivity index (χ3v) is 4.84. The Labute approximate surface area is 168 Å². The molecule has 1 atom stereocenters. The Kier molecular flexibility index (Phi) is 7.67. The lowest BCUT2D eigenvalue weighted by atomic mass is 10.1. The van der Waals surface area contributed by atoms with E-state index < -0.39 is 0 Å². The second-order valence-corrected chi connectivity index (χ2v) is 7.09. The maximum absolute atomic E-state index is 5.60. The smallest absolute Gasteiger partial charge is 0.191 e. The Balaban J connectivity index is 1.39. The largest absolute Gasteiger partial charge is 0.375 e. The summed E-state index contributed by atoms with van der Waals surface area (Å²) in [6.07, 6.45) is 4.33. The van der Waals surface area contributed by atoms with Crippen molar-refractivity contribution in [1.82, 2.24) is 15.6 Å². The number of morpholine rings is 1. The fourth-order valence-corrected chi connectivity index (χ4v) is 3.29. The molecule has 6 heteroatoms. The number of nitrogens with zero attached hydrogens (tertiary/aromatic N) is 3. The highest BCUT2D eigenvalue weighted by atomic mass is 16.5. The van der Waals surface area contributed by atoms with Crippen LogP contribution in [-0.4, -0.2) is 50.3 Å². The van der Waals surface area contributed by atoms with E-state index in [2.05, 4.69) is 74.9 Å². The monoisotopic (exact) mass is 381 g/mol. The zero-order chi connectivity index (χ0) is 19.6. The average Bonchev–Trinajstić information content (AvgIpc) is 2.74. The molecule has 0 spiro atoms. The van der Waals surface area contributed by atoms with Crippen molar-refractivity contribution in [2.45, 2.75) is 32.4 Å². The molecule has 28 heavy (non-hydrogen) atoms. The molecular weight excluding hydrogens is 350 g/mol. The van der Waals surface area contributed by atoms with Crippen LogP contribution in [0.25, 0.3) is 0 Å². The van der Waals surface area contributed by atoms with Crippen LogP contribution in [0.1, 0.15) is 24.5 Å². The minimum atomic E-state index is 0.258. The topological polar surface area (TPSA) is 61.8 Å². The molecule has 1 aliphatic rings. The number of aliphatic imine (C=N–C) groups is 1. The fraction of sp³-hybridized carbons (Fsp3) is 0.455. The predicted octanol–water partition coefficient (Wildman–Crippen LogP) is 2.60. The lowest BCUT2D eigenvalue weighted by molar-refractivity contribution is 0.0529. The summed E-state index contributed by atoms with van der Waals surface area (Å²) < 4.78 is 5.60. The maximum atomic E-state index is 5.60. The average molecular weight is 382 g/mol. The zero-order valence-electron chi connectivity index (χ0n) is 16.9. The van der Waals surface area contributed by atoms with Gasteiger partial charge in [-0.2, -0.15) is 0 Å². The SMILES string of the molecule is CN=C(NCCCc1ccccc1)NCc1ccc(N2CCOC(C)C2)nc1. The summed E-state index contributed by atoms with van der Waals surface area (Å²) in [6, 6.07) is 14.8. The van der Waals surface area contributed by atoms with Gasteiger partial charge in [0.1, 0.15) is 5.82 Å². The molecule has 2 aromatic rings. The van der Waals surface area contributed by atoms with Crippen molar-refractivity contribution in [3.63, 3.8) is 0 Å². The van der Waals surface area contributed by atoms with Crippen LogP contribution in [0.4, 0.5) is 5.82 Å². The molecule has 6 nitrogen and oxygen atoms in total. The lowest BCUT2D eigenvalue weighted by Gasteiger charge is -2.32. The van der Waals surface area contributed by atoms with Gasteiger partial charge in [-0.25, -0.2) is 4.98 Å². The first-order chi connectivity index (χ1) is 13.7. The van der Waals surface area contributed by atoms with Crippen molar-refractivity contribution < 1.29 is 4.74 Å². The van der Waals surface area contributed by atoms with E-state index in [0.717, 1.165) is 56.4 Å². The van der Waals surface area contributed by atoms with Gasteiger partial charge in [0.25, 0.3) is 0 Å². The van der Waals surface area contributed by atoms with E-state index in [9.17, 15) is 0 Å². The van der Waals surface area contributed by atoms with E-state index in [1.165, 1.54) is 5.56 Å². The normalized spacial score (nSPS) is 17.4. The van der Waals surface area contributed by atoms with Gasteiger partial charge < -0.3 is 20.3 Å². The maximum Gasteiger partial charge on any atom is 0.191 e. The van der Waals surface area contributed by atoms with Gasteiger partial charge in [0.05, 0.1) is 12.7 Å². The Hall–Kier alpha value is -2.60. The van der Waals surface area contributed by atoms with Crippen molar-refractivity contribution in [2.24, 2.45) is 4.99 Å². The van der Waals surface area contributed by atoms with Crippen LogP contribution in [0.3, 0.4) is 0 Å². The van der Waals surface area contributed by atoms with E-state index in [-0.39, 0.29) is 6.10 Å². The number of hydrogen-bond donors (Lipinski definition) is 2. The standard InChI is InChI=1S/C22H31N5O/c1-18-17-27(13-14-28-18)21-11-10-20(15-25-21)16-26-22(23-2)24-12-6-9-19-7-4-3-5-8-19/h3-5,7-8,10-11,15,18H,6,9,12-14,16-17H2,1-2H3,(H2,23,24,26). The third-order valence-electron chi connectivity index (χ3n) is 4.84. The molecule has 150 valence electrons. The summed E-state index contributed by atoms with van der Waals surface area (Å²) in [5, 5.41) is 6.73. The zero-order valence-corrected chi connectivity index (χ0v) is 16.9. The van der Waals surface area contributed by atoms with Gasteiger partial charge in [-0.15, -0.1) is 0 Å². The van der Waals surface area contributed by atoms with Crippen molar-refractivity contribution in [2.75, 3.05) is 38.2 Å². The minimum Gasteiger partial charge on any atom is -0.375 e. The molecule has 0 bridgehead atoms. The first-order valence-electron chi connectivity index (χ1n) is 10.0. The lowest BCUT2D eigenvalue weighted by Crippen LogP contribution is -2.41. The van der Waals surface area contributed by atoms with Gasteiger partial charge in [0.2, 0.25) is 0 Å². The van der Waals surface area contributed by atoms with Gasteiger partial charge in [-0.1, -0.05) is 36.4 Å². The number of pyridine rings is 1. The highest BCUT2D eigenvalue weighted by Gasteiger charge is 2.17. The van der Waals surface area contributed by atoms with E-state index in [4.69, 9.17) is 4.74 Å². The van der Waals surface area contributed by atoms with E-state index in [1.807, 2.05) is 6.20 Å². The molecule has 0 radical (unpaired) electrons. The first kappa shape index (κ1) is 20.1. The Morgan fingerprint density at radius 3 is 2.75 bits per heavy atom. The molecule has 2 N–H and O–H groups in total. The molecule has 1 unspecified atom stereocenters. The number of guanidine groups is 1. The molecular formula is C22H31N5O.